The van der Waals surface area contributed by atoms with Gasteiger partial charge in [0.1, 0.15) is 10.0 Å². The molecule has 0 unspecified atom stereocenters. The van der Waals surface area contributed by atoms with Gasteiger partial charge in [-0.15, -0.1) is 5.10 Å². The molecule has 7 nitrogen and oxygen atoms in total. The van der Waals surface area contributed by atoms with Crippen molar-refractivity contribution in [2.75, 3.05) is 4.72 Å². The molecule has 2 rings (SSSR count). The highest BCUT2D eigenvalue weighted by atomic mass is 79.9. The number of aromatic nitrogens is 4. The SMILES string of the molecule is Cc1nnc(NS(=O)(=O)c2cc(Br)cnc2Cl)nc1C. The second kappa shape index (κ2) is 5.58. The first-order valence-electron chi connectivity index (χ1n) is 5.31. The lowest BCUT2D eigenvalue weighted by Gasteiger charge is -2.08. The molecular formula is C10H9BrClN5O2S. The lowest BCUT2D eigenvalue weighted by Crippen LogP contribution is -2.17. The monoisotopic (exact) mass is 377 g/mol. The van der Waals surface area contributed by atoms with Gasteiger partial charge < -0.3 is 0 Å². The Morgan fingerprint density at radius 1 is 1.25 bits per heavy atom. The van der Waals surface area contributed by atoms with Crippen LogP contribution >= 0.6 is 27.5 Å². The van der Waals surface area contributed by atoms with Crippen LogP contribution in [0.2, 0.25) is 5.15 Å². The minimum Gasteiger partial charge on any atom is -0.246 e. The summed E-state index contributed by atoms with van der Waals surface area (Å²) in [4.78, 5) is 7.59. The van der Waals surface area contributed by atoms with E-state index in [0.29, 0.717) is 15.9 Å². The largest absolute Gasteiger partial charge is 0.267 e. The van der Waals surface area contributed by atoms with Crippen molar-refractivity contribution >= 4 is 43.5 Å². The van der Waals surface area contributed by atoms with Gasteiger partial charge in [0.2, 0.25) is 0 Å². The molecule has 0 saturated heterocycles. The number of anilines is 1. The van der Waals surface area contributed by atoms with Gasteiger partial charge in [0, 0.05) is 10.7 Å². The Kier molecular flexibility index (Phi) is 4.21. The molecule has 0 amide bonds. The maximum Gasteiger partial charge on any atom is 0.267 e. The number of nitrogens with one attached hydrogen (secondary N) is 1. The van der Waals surface area contributed by atoms with E-state index < -0.39 is 10.0 Å². The van der Waals surface area contributed by atoms with Crippen LogP contribution in [0.3, 0.4) is 0 Å². The van der Waals surface area contributed by atoms with Crippen molar-refractivity contribution in [3.8, 4) is 0 Å². The predicted molar refractivity (Wildman–Crippen MR) is 77.1 cm³/mol. The van der Waals surface area contributed by atoms with Gasteiger partial charge in [-0.05, 0) is 35.8 Å². The second-order valence-corrected chi connectivity index (χ2v) is 6.78. The molecule has 2 heterocycles. The highest BCUT2D eigenvalue weighted by Crippen LogP contribution is 2.24. The van der Waals surface area contributed by atoms with Crippen LogP contribution in [0.25, 0.3) is 0 Å². The molecule has 2 aromatic heterocycles. The Labute approximate surface area is 129 Å². The van der Waals surface area contributed by atoms with Gasteiger partial charge in [0.15, 0.2) is 0 Å². The molecule has 0 saturated carbocycles. The van der Waals surface area contributed by atoms with Crippen LogP contribution in [-0.4, -0.2) is 28.6 Å². The third kappa shape index (κ3) is 3.22. The first-order valence-corrected chi connectivity index (χ1v) is 7.97. The zero-order valence-electron chi connectivity index (χ0n) is 10.4. The van der Waals surface area contributed by atoms with E-state index in [1.807, 2.05) is 0 Å². The van der Waals surface area contributed by atoms with Gasteiger partial charge in [-0.2, -0.15) is 5.10 Å². The summed E-state index contributed by atoms with van der Waals surface area (Å²) in [6.07, 6.45) is 1.40. The summed E-state index contributed by atoms with van der Waals surface area (Å²) in [6, 6.07) is 1.34. The van der Waals surface area contributed by atoms with Crippen molar-refractivity contribution in [2.24, 2.45) is 0 Å². The fraction of sp³-hybridized carbons (Fsp3) is 0.200. The molecule has 0 radical (unpaired) electrons. The summed E-state index contributed by atoms with van der Waals surface area (Å²) < 4.78 is 27.1. The number of pyridine rings is 1. The van der Waals surface area contributed by atoms with E-state index in [1.54, 1.807) is 13.8 Å². The van der Waals surface area contributed by atoms with Crippen molar-refractivity contribution in [1.29, 1.82) is 0 Å². The zero-order chi connectivity index (χ0) is 14.9. The van der Waals surface area contributed by atoms with Gasteiger partial charge in [0.25, 0.3) is 16.0 Å². The van der Waals surface area contributed by atoms with E-state index in [9.17, 15) is 8.42 Å². The van der Waals surface area contributed by atoms with Crippen LogP contribution in [0.4, 0.5) is 5.95 Å². The number of rotatable bonds is 3. The number of nitrogens with zero attached hydrogens (tertiary/aromatic N) is 4. The van der Waals surface area contributed by atoms with E-state index in [0.717, 1.165) is 0 Å². The fourth-order valence-electron chi connectivity index (χ4n) is 1.27. The molecule has 20 heavy (non-hydrogen) atoms. The van der Waals surface area contributed by atoms with Crippen molar-refractivity contribution < 1.29 is 8.42 Å². The summed E-state index contributed by atoms with van der Waals surface area (Å²) in [5.41, 5.74) is 1.20. The van der Waals surface area contributed by atoms with Gasteiger partial charge in [-0.3, -0.25) is 0 Å². The van der Waals surface area contributed by atoms with Crippen LogP contribution in [0, 0.1) is 13.8 Å². The van der Waals surface area contributed by atoms with Crippen molar-refractivity contribution in [3.63, 3.8) is 0 Å². The Morgan fingerprint density at radius 3 is 2.60 bits per heavy atom. The maximum absolute atomic E-state index is 12.2. The van der Waals surface area contributed by atoms with Crippen LogP contribution in [-0.2, 0) is 10.0 Å². The van der Waals surface area contributed by atoms with Crippen LogP contribution in [0.1, 0.15) is 11.4 Å². The lowest BCUT2D eigenvalue weighted by molar-refractivity contribution is 0.600. The van der Waals surface area contributed by atoms with E-state index in [4.69, 9.17) is 11.6 Å². The van der Waals surface area contributed by atoms with E-state index in [-0.39, 0.29) is 16.0 Å². The summed E-state index contributed by atoms with van der Waals surface area (Å²) >= 11 is 8.93. The smallest absolute Gasteiger partial charge is 0.246 e. The Hall–Kier alpha value is -1.32. The minimum absolute atomic E-state index is 0.121. The molecule has 2 aromatic rings. The Balaban J connectivity index is 2.40. The first kappa shape index (κ1) is 15.1. The Morgan fingerprint density at radius 2 is 1.95 bits per heavy atom. The molecule has 10 heteroatoms. The van der Waals surface area contributed by atoms with Gasteiger partial charge in [-0.1, -0.05) is 11.6 Å². The van der Waals surface area contributed by atoms with E-state index >= 15 is 0 Å². The number of hydrogen-bond acceptors (Lipinski definition) is 6. The van der Waals surface area contributed by atoms with E-state index in [1.165, 1.54) is 12.3 Å². The number of aryl methyl sites for hydroxylation is 2. The number of hydrogen-bond donors (Lipinski definition) is 1. The van der Waals surface area contributed by atoms with E-state index in [2.05, 4.69) is 40.8 Å². The quantitative estimate of drug-likeness (QED) is 0.821. The predicted octanol–water partition coefficient (Wildman–Crippen LogP) is 2.10. The average Bonchev–Trinajstić information content (AvgIpc) is 2.36. The molecule has 0 fully saturated rings. The van der Waals surface area contributed by atoms with Crippen molar-refractivity contribution in [2.45, 2.75) is 18.7 Å². The molecular weight excluding hydrogens is 370 g/mol. The molecule has 0 aliphatic heterocycles. The molecule has 1 N–H and O–H groups in total. The molecule has 0 bridgehead atoms. The summed E-state index contributed by atoms with van der Waals surface area (Å²) in [5.74, 6) is -0.121. The normalized spacial score (nSPS) is 11.4. The highest BCUT2D eigenvalue weighted by molar-refractivity contribution is 9.10. The molecule has 0 spiro atoms. The maximum atomic E-state index is 12.2. The topological polar surface area (TPSA) is 97.7 Å². The average molecular weight is 379 g/mol. The number of halogens is 2. The highest BCUT2D eigenvalue weighted by Gasteiger charge is 2.21. The summed E-state index contributed by atoms with van der Waals surface area (Å²) in [6.45, 7) is 3.43. The molecule has 0 aromatic carbocycles. The van der Waals surface area contributed by atoms with Gasteiger partial charge in [0.05, 0.1) is 11.4 Å². The van der Waals surface area contributed by atoms with Crippen LogP contribution in [0.15, 0.2) is 21.6 Å². The lowest BCUT2D eigenvalue weighted by atomic mass is 10.4. The molecule has 0 atom stereocenters. The molecule has 0 aliphatic rings. The minimum atomic E-state index is -3.94. The molecule has 0 aliphatic carbocycles. The second-order valence-electron chi connectivity index (χ2n) is 3.85. The molecule has 106 valence electrons. The van der Waals surface area contributed by atoms with Gasteiger partial charge >= 0.3 is 0 Å². The van der Waals surface area contributed by atoms with Crippen LogP contribution < -0.4 is 4.72 Å². The van der Waals surface area contributed by atoms with Crippen LogP contribution in [0.5, 0.6) is 0 Å². The standard InChI is InChI=1S/C10H9BrClN5O2S/c1-5-6(2)15-16-10(14-5)17-20(18,19)8-3-7(11)4-13-9(8)12/h3-4H,1-2H3,(H,14,16,17). The van der Waals surface area contributed by atoms with Gasteiger partial charge in [-0.25, -0.2) is 23.1 Å². The first-order chi connectivity index (χ1) is 9.29. The zero-order valence-corrected chi connectivity index (χ0v) is 13.6. The fourth-order valence-corrected chi connectivity index (χ4v) is 3.15. The summed E-state index contributed by atoms with van der Waals surface area (Å²) in [5, 5.41) is 7.33. The third-order valence-corrected chi connectivity index (χ3v) is 4.57. The third-order valence-electron chi connectivity index (χ3n) is 2.38. The van der Waals surface area contributed by atoms with Crippen molar-refractivity contribution in [3.05, 3.63) is 33.3 Å². The van der Waals surface area contributed by atoms with Crippen molar-refractivity contribution in [1.82, 2.24) is 20.2 Å². The Bertz CT molecular complexity index is 768. The number of sulfonamides is 1. The summed E-state index contributed by atoms with van der Waals surface area (Å²) in [7, 11) is -3.94.